The van der Waals surface area contributed by atoms with Crippen molar-refractivity contribution in [1.82, 2.24) is 4.98 Å². The normalized spacial score (nSPS) is 17.6. The number of carbonyl (C=O) groups is 1. The van der Waals surface area contributed by atoms with Gasteiger partial charge in [0.25, 0.3) is 0 Å². The minimum absolute atomic E-state index is 0.0903. The molecule has 1 aliphatic rings. The first-order valence-corrected chi connectivity index (χ1v) is 7.74. The maximum Gasteiger partial charge on any atom is 0.230 e. The van der Waals surface area contributed by atoms with Gasteiger partial charge < -0.3 is 4.90 Å². The average molecular weight is 286 g/mol. The van der Waals surface area contributed by atoms with Crippen LogP contribution in [-0.2, 0) is 17.6 Å². The lowest BCUT2D eigenvalue weighted by molar-refractivity contribution is -0.122. The quantitative estimate of drug-likeness (QED) is 0.849. The molecule has 1 unspecified atom stereocenters. The molecule has 0 saturated carbocycles. The number of nitrogens with zero attached hydrogens (tertiary/aromatic N) is 2. The molecule has 104 valence electrons. The molecule has 4 heteroatoms. The Balaban J connectivity index is 1.76. The van der Waals surface area contributed by atoms with Crippen LogP contribution in [0.15, 0.2) is 30.3 Å². The topological polar surface area (TPSA) is 33.2 Å². The summed E-state index contributed by atoms with van der Waals surface area (Å²) in [5, 5.41) is 1.11. The fraction of sp³-hybridized carbons (Fsp3) is 0.375. The summed E-state index contributed by atoms with van der Waals surface area (Å²) in [6.45, 7) is 2.04. The lowest BCUT2D eigenvalue weighted by Crippen LogP contribution is -2.35. The number of benzene rings is 1. The maximum absolute atomic E-state index is 12.6. The van der Waals surface area contributed by atoms with Gasteiger partial charge in [0.2, 0.25) is 5.91 Å². The van der Waals surface area contributed by atoms with E-state index in [-0.39, 0.29) is 11.8 Å². The number of para-hydroxylation sites is 1. The number of hydrogen-bond donors (Lipinski definition) is 0. The summed E-state index contributed by atoms with van der Waals surface area (Å²) >= 11 is 1.74. The van der Waals surface area contributed by atoms with Crippen molar-refractivity contribution in [3.8, 4) is 0 Å². The molecule has 0 bridgehead atoms. The largest absolute Gasteiger partial charge is 0.315 e. The fourth-order valence-electron chi connectivity index (χ4n) is 2.77. The predicted molar refractivity (Wildman–Crippen MR) is 82.2 cm³/mol. The van der Waals surface area contributed by atoms with Crippen LogP contribution in [0.4, 0.5) is 5.69 Å². The van der Waals surface area contributed by atoms with E-state index in [0.717, 1.165) is 30.0 Å². The summed E-state index contributed by atoms with van der Waals surface area (Å²) < 4.78 is 0. The van der Waals surface area contributed by atoms with Gasteiger partial charge in [-0.25, -0.2) is 4.98 Å². The summed E-state index contributed by atoms with van der Waals surface area (Å²) in [5.74, 6) is 0.306. The molecule has 0 aliphatic heterocycles. The molecule has 1 heterocycles. The van der Waals surface area contributed by atoms with Gasteiger partial charge in [0, 0.05) is 23.5 Å². The zero-order chi connectivity index (χ0) is 14.1. The molecule has 0 N–H and O–H groups in total. The van der Waals surface area contributed by atoms with Crippen molar-refractivity contribution in [2.24, 2.45) is 5.92 Å². The van der Waals surface area contributed by atoms with E-state index in [1.54, 1.807) is 16.2 Å². The van der Waals surface area contributed by atoms with Crippen LogP contribution in [-0.4, -0.2) is 17.9 Å². The Kier molecular flexibility index (Phi) is 3.57. The lowest BCUT2D eigenvalue weighted by Gasteiger charge is -2.26. The second-order valence-electron chi connectivity index (χ2n) is 5.28. The van der Waals surface area contributed by atoms with Crippen LogP contribution in [0, 0.1) is 12.8 Å². The van der Waals surface area contributed by atoms with E-state index in [1.165, 1.54) is 10.6 Å². The number of carbonyl (C=O) groups excluding carboxylic acids is 1. The number of anilines is 1. The molecular formula is C16H18N2OS. The molecule has 1 aromatic heterocycles. The molecule has 1 amide bonds. The summed E-state index contributed by atoms with van der Waals surface area (Å²) in [4.78, 5) is 20.2. The SMILES string of the molecule is Cc1nc2c(s1)CC(C(=O)N(C)c1ccccc1)CC2. The minimum atomic E-state index is 0.0903. The predicted octanol–water partition coefficient (Wildman–Crippen LogP) is 3.22. The number of amides is 1. The molecular weight excluding hydrogens is 268 g/mol. The Morgan fingerprint density at radius 1 is 1.35 bits per heavy atom. The molecule has 1 atom stereocenters. The van der Waals surface area contributed by atoms with Crippen LogP contribution in [0.2, 0.25) is 0 Å². The lowest BCUT2D eigenvalue weighted by atomic mass is 9.90. The second-order valence-corrected chi connectivity index (χ2v) is 6.56. The van der Waals surface area contributed by atoms with Crippen LogP contribution in [0.5, 0.6) is 0 Å². The van der Waals surface area contributed by atoms with Crippen molar-refractivity contribution in [2.75, 3.05) is 11.9 Å². The zero-order valence-corrected chi connectivity index (χ0v) is 12.6. The molecule has 0 saturated heterocycles. The third kappa shape index (κ3) is 2.48. The summed E-state index contributed by atoms with van der Waals surface area (Å²) in [7, 11) is 1.87. The van der Waals surface area contributed by atoms with E-state index in [0.29, 0.717) is 0 Å². The van der Waals surface area contributed by atoms with Crippen LogP contribution in [0.25, 0.3) is 0 Å². The molecule has 3 rings (SSSR count). The monoisotopic (exact) mass is 286 g/mol. The van der Waals surface area contributed by atoms with Gasteiger partial charge in [0.15, 0.2) is 0 Å². The van der Waals surface area contributed by atoms with E-state index in [1.807, 2.05) is 44.3 Å². The van der Waals surface area contributed by atoms with E-state index >= 15 is 0 Å². The molecule has 0 spiro atoms. The molecule has 2 aromatic rings. The summed E-state index contributed by atoms with van der Waals surface area (Å²) in [6, 6.07) is 9.84. The molecule has 20 heavy (non-hydrogen) atoms. The first-order chi connectivity index (χ1) is 9.65. The summed E-state index contributed by atoms with van der Waals surface area (Å²) in [5.41, 5.74) is 2.17. The third-order valence-corrected chi connectivity index (χ3v) is 4.91. The van der Waals surface area contributed by atoms with Gasteiger partial charge in [0.1, 0.15) is 0 Å². The van der Waals surface area contributed by atoms with Gasteiger partial charge in [0.05, 0.1) is 10.7 Å². The highest BCUT2D eigenvalue weighted by atomic mass is 32.1. The van der Waals surface area contributed by atoms with Crippen molar-refractivity contribution in [3.05, 3.63) is 45.9 Å². The Bertz CT molecular complexity index is 621. The van der Waals surface area contributed by atoms with Gasteiger partial charge in [-0.2, -0.15) is 0 Å². The van der Waals surface area contributed by atoms with Gasteiger partial charge >= 0.3 is 0 Å². The Morgan fingerprint density at radius 3 is 2.85 bits per heavy atom. The molecule has 0 fully saturated rings. The van der Waals surface area contributed by atoms with Crippen molar-refractivity contribution >= 4 is 22.9 Å². The number of fused-ring (bicyclic) bond motifs is 1. The van der Waals surface area contributed by atoms with Gasteiger partial charge in [-0.3, -0.25) is 4.79 Å². The Hall–Kier alpha value is -1.68. The van der Waals surface area contributed by atoms with Crippen LogP contribution >= 0.6 is 11.3 Å². The van der Waals surface area contributed by atoms with E-state index in [4.69, 9.17) is 0 Å². The third-order valence-electron chi connectivity index (χ3n) is 3.87. The Labute approximate surface area is 123 Å². The highest BCUT2D eigenvalue weighted by Crippen LogP contribution is 2.31. The average Bonchev–Trinajstić information content (AvgIpc) is 2.85. The summed E-state index contributed by atoms with van der Waals surface area (Å²) in [6.07, 6.45) is 2.68. The first-order valence-electron chi connectivity index (χ1n) is 6.93. The smallest absolute Gasteiger partial charge is 0.230 e. The zero-order valence-electron chi connectivity index (χ0n) is 11.8. The minimum Gasteiger partial charge on any atom is -0.315 e. The Morgan fingerprint density at radius 2 is 2.10 bits per heavy atom. The van der Waals surface area contributed by atoms with Gasteiger partial charge in [-0.1, -0.05) is 18.2 Å². The number of aromatic nitrogens is 1. The second kappa shape index (κ2) is 5.37. The highest BCUT2D eigenvalue weighted by Gasteiger charge is 2.29. The maximum atomic E-state index is 12.6. The fourth-order valence-corrected chi connectivity index (χ4v) is 3.83. The highest BCUT2D eigenvalue weighted by molar-refractivity contribution is 7.11. The molecule has 0 radical (unpaired) electrons. The van der Waals surface area contributed by atoms with Crippen molar-refractivity contribution < 1.29 is 4.79 Å². The van der Waals surface area contributed by atoms with Crippen molar-refractivity contribution in [3.63, 3.8) is 0 Å². The number of hydrogen-bond acceptors (Lipinski definition) is 3. The number of rotatable bonds is 2. The van der Waals surface area contributed by atoms with E-state index in [2.05, 4.69) is 4.98 Å². The van der Waals surface area contributed by atoms with Gasteiger partial charge in [-0.15, -0.1) is 11.3 Å². The van der Waals surface area contributed by atoms with Crippen molar-refractivity contribution in [2.45, 2.75) is 26.2 Å². The van der Waals surface area contributed by atoms with Gasteiger partial charge in [-0.05, 0) is 38.3 Å². The van der Waals surface area contributed by atoms with Crippen LogP contribution in [0.3, 0.4) is 0 Å². The van der Waals surface area contributed by atoms with E-state index in [9.17, 15) is 4.79 Å². The number of aryl methyl sites for hydroxylation is 2. The standard InChI is InChI=1S/C16H18N2OS/c1-11-17-14-9-8-12(10-15(14)20-11)16(19)18(2)13-6-4-3-5-7-13/h3-7,12H,8-10H2,1-2H3. The van der Waals surface area contributed by atoms with Crippen LogP contribution < -0.4 is 4.90 Å². The van der Waals surface area contributed by atoms with Crippen LogP contribution in [0.1, 0.15) is 22.0 Å². The van der Waals surface area contributed by atoms with Crippen molar-refractivity contribution in [1.29, 1.82) is 0 Å². The molecule has 1 aliphatic carbocycles. The molecule has 1 aromatic carbocycles. The van der Waals surface area contributed by atoms with E-state index < -0.39 is 0 Å². The molecule has 3 nitrogen and oxygen atoms in total. The number of thiazole rings is 1. The first kappa shape index (κ1) is 13.3.